The number of hydrogen-bond donors (Lipinski definition) is 1. The third-order valence-corrected chi connectivity index (χ3v) is 6.13. The van der Waals surface area contributed by atoms with Gasteiger partial charge in [-0.15, -0.1) is 0 Å². The first-order valence-electron chi connectivity index (χ1n) is 9.23. The molecule has 0 aromatic heterocycles. The molecule has 0 spiro atoms. The maximum Gasteiger partial charge on any atom is 0.240 e. The second-order valence-corrected chi connectivity index (χ2v) is 8.89. The number of fused-ring (bicyclic) bond motifs is 1. The minimum Gasteiger partial charge on any atom is -0.490 e. The third kappa shape index (κ3) is 5.85. The summed E-state index contributed by atoms with van der Waals surface area (Å²) in [6.07, 6.45) is 0.786. The number of ether oxygens (including phenoxy) is 2. The highest BCUT2D eigenvalue weighted by Gasteiger charge is 2.19. The van der Waals surface area contributed by atoms with E-state index >= 15 is 0 Å². The van der Waals surface area contributed by atoms with Crippen molar-refractivity contribution in [3.63, 3.8) is 0 Å². The van der Waals surface area contributed by atoms with E-state index < -0.39 is 10.0 Å². The molecular formula is C20H23ClN2O5S. The Bertz CT molecular complexity index is 963. The average molecular weight is 439 g/mol. The molecule has 0 unspecified atom stereocenters. The van der Waals surface area contributed by atoms with Crippen LogP contribution >= 0.6 is 11.6 Å². The Morgan fingerprint density at radius 2 is 1.79 bits per heavy atom. The first-order valence-corrected chi connectivity index (χ1v) is 11.1. The molecule has 3 rings (SSSR count). The minimum atomic E-state index is -3.76. The summed E-state index contributed by atoms with van der Waals surface area (Å²) in [4.78, 5) is 13.9. The number of benzene rings is 2. The highest BCUT2D eigenvalue weighted by molar-refractivity contribution is 7.89. The van der Waals surface area contributed by atoms with Crippen molar-refractivity contribution in [2.75, 3.05) is 26.8 Å². The van der Waals surface area contributed by atoms with Crippen LogP contribution in [0.3, 0.4) is 0 Å². The fourth-order valence-electron chi connectivity index (χ4n) is 2.83. The highest BCUT2D eigenvalue weighted by Crippen LogP contribution is 2.31. The minimum absolute atomic E-state index is 0.000562. The van der Waals surface area contributed by atoms with Gasteiger partial charge in [0, 0.05) is 44.1 Å². The number of carbonyl (C=O) groups excluding carboxylic acids is 1. The van der Waals surface area contributed by atoms with E-state index in [0.29, 0.717) is 36.3 Å². The standard InChI is InChI=1S/C20H23ClN2O5S/c1-23(14-15-3-5-16(21)6-4-15)20(24)9-10-22-29(25,26)17-7-8-18-19(13-17)28-12-2-11-27-18/h3-8,13,22H,2,9-12,14H2,1H3. The quantitative estimate of drug-likeness (QED) is 0.718. The zero-order valence-corrected chi connectivity index (χ0v) is 17.6. The number of amides is 1. The van der Waals surface area contributed by atoms with E-state index in [0.717, 1.165) is 12.0 Å². The lowest BCUT2D eigenvalue weighted by molar-refractivity contribution is -0.130. The summed E-state index contributed by atoms with van der Waals surface area (Å²) in [6, 6.07) is 11.7. The molecule has 1 aliphatic rings. The van der Waals surface area contributed by atoms with Crippen LogP contribution in [0.4, 0.5) is 0 Å². The molecule has 1 N–H and O–H groups in total. The number of nitrogens with zero attached hydrogens (tertiary/aromatic N) is 1. The first-order chi connectivity index (χ1) is 13.8. The predicted octanol–water partition coefficient (Wildman–Crippen LogP) is 2.83. The van der Waals surface area contributed by atoms with Gasteiger partial charge in [-0.3, -0.25) is 4.79 Å². The lowest BCUT2D eigenvalue weighted by atomic mass is 10.2. The van der Waals surface area contributed by atoms with E-state index in [1.165, 1.54) is 12.1 Å². The summed E-state index contributed by atoms with van der Waals surface area (Å²) in [5.41, 5.74) is 0.943. The molecule has 0 atom stereocenters. The largest absolute Gasteiger partial charge is 0.490 e. The molecule has 0 saturated heterocycles. The third-order valence-electron chi connectivity index (χ3n) is 4.42. The van der Waals surface area contributed by atoms with Gasteiger partial charge in [0.2, 0.25) is 15.9 Å². The summed E-state index contributed by atoms with van der Waals surface area (Å²) in [5.74, 6) is 0.769. The van der Waals surface area contributed by atoms with Crippen molar-refractivity contribution in [3.05, 3.63) is 53.1 Å². The van der Waals surface area contributed by atoms with Gasteiger partial charge >= 0.3 is 0 Å². The monoisotopic (exact) mass is 438 g/mol. The van der Waals surface area contributed by atoms with Crippen LogP contribution < -0.4 is 14.2 Å². The molecule has 0 aliphatic carbocycles. The van der Waals surface area contributed by atoms with Crippen LogP contribution in [0, 0.1) is 0 Å². The summed E-state index contributed by atoms with van der Waals surface area (Å²) in [5, 5.41) is 0.631. The fraction of sp³-hybridized carbons (Fsp3) is 0.350. The van der Waals surface area contributed by atoms with Gasteiger partial charge in [0.05, 0.1) is 18.1 Å². The van der Waals surface area contributed by atoms with Gasteiger partial charge in [-0.05, 0) is 29.8 Å². The Morgan fingerprint density at radius 1 is 1.10 bits per heavy atom. The molecule has 156 valence electrons. The van der Waals surface area contributed by atoms with Gasteiger partial charge in [0.25, 0.3) is 0 Å². The molecule has 1 aliphatic heterocycles. The second kappa shape index (κ2) is 9.47. The van der Waals surface area contributed by atoms with E-state index in [4.69, 9.17) is 21.1 Å². The van der Waals surface area contributed by atoms with Gasteiger partial charge in [-0.25, -0.2) is 13.1 Å². The van der Waals surface area contributed by atoms with Crippen LogP contribution in [0.15, 0.2) is 47.4 Å². The van der Waals surface area contributed by atoms with Gasteiger partial charge in [0.15, 0.2) is 11.5 Å². The number of nitrogens with one attached hydrogen (secondary N) is 1. The predicted molar refractivity (Wildman–Crippen MR) is 110 cm³/mol. The maximum absolute atomic E-state index is 12.5. The van der Waals surface area contributed by atoms with Gasteiger partial charge in [0.1, 0.15) is 0 Å². The van der Waals surface area contributed by atoms with Gasteiger partial charge in [-0.1, -0.05) is 23.7 Å². The van der Waals surface area contributed by atoms with Gasteiger partial charge in [-0.2, -0.15) is 0 Å². The smallest absolute Gasteiger partial charge is 0.240 e. The van der Waals surface area contributed by atoms with Crippen LogP contribution in [0.1, 0.15) is 18.4 Å². The summed E-state index contributed by atoms with van der Waals surface area (Å²) < 4.78 is 38.6. The van der Waals surface area contributed by atoms with Crippen LogP contribution in [0.2, 0.25) is 5.02 Å². The zero-order valence-electron chi connectivity index (χ0n) is 16.1. The Morgan fingerprint density at radius 3 is 2.52 bits per heavy atom. The van der Waals surface area contributed by atoms with Crippen LogP contribution in [0.5, 0.6) is 11.5 Å². The number of rotatable bonds is 7. The van der Waals surface area contributed by atoms with Gasteiger partial charge < -0.3 is 14.4 Å². The van der Waals surface area contributed by atoms with Crippen LogP contribution in [-0.4, -0.2) is 46.0 Å². The molecule has 2 aromatic carbocycles. The molecule has 0 bridgehead atoms. The SMILES string of the molecule is CN(Cc1ccc(Cl)cc1)C(=O)CCNS(=O)(=O)c1ccc2c(c1)OCCCO2. The van der Waals surface area contributed by atoms with Crippen LogP contribution in [0.25, 0.3) is 0 Å². The fourth-order valence-corrected chi connectivity index (χ4v) is 4.00. The summed E-state index contributed by atoms with van der Waals surface area (Å²) >= 11 is 5.86. The number of hydrogen-bond acceptors (Lipinski definition) is 5. The van der Waals surface area contributed by atoms with E-state index in [1.54, 1.807) is 30.1 Å². The number of carbonyl (C=O) groups is 1. The van der Waals surface area contributed by atoms with E-state index in [1.807, 2.05) is 12.1 Å². The molecule has 1 heterocycles. The Labute approximate surface area is 175 Å². The van der Waals surface area contributed by atoms with E-state index in [-0.39, 0.29) is 23.8 Å². The molecule has 9 heteroatoms. The Balaban J connectivity index is 1.54. The maximum atomic E-state index is 12.5. The summed E-state index contributed by atoms with van der Waals surface area (Å²) in [7, 11) is -2.09. The van der Waals surface area contributed by atoms with Crippen molar-refractivity contribution in [1.82, 2.24) is 9.62 Å². The summed E-state index contributed by atoms with van der Waals surface area (Å²) in [6.45, 7) is 1.42. The second-order valence-electron chi connectivity index (χ2n) is 6.68. The van der Waals surface area contributed by atoms with Crippen molar-refractivity contribution in [2.45, 2.75) is 24.3 Å². The molecule has 2 aromatic rings. The van der Waals surface area contributed by atoms with Crippen molar-refractivity contribution >= 4 is 27.5 Å². The van der Waals surface area contributed by atoms with E-state index in [2.05, 4.69) is 4.72 Å². The first kappa shape index (κ1) is 21.4. The molecule has 7 nitrogen and oxygen atoms in total. The molecule has 1 amide bonds. The number of sulfonamides is 1. The molecular weight excluding hydrogens is 416 g/mol. The molecule has 0 radical (unpaired) electrons. The molecule has 29 heavy (non-hydrogen) atoms. The number of halogens is 1. The van der Waals surface area contributed by atoms with E-state index in [9.17, 15) is 13.2 Å². The molecule has 0 fully saturated rings. The lowest BCUT2D eigenvalue weighted by Crippen LogP contribution is -2.32. The lowest BCUT2D eigenvalue weighted by Gasteiger charge is -2.17. The van der Waals surface area contributed by atoms with Crippen molar-refractivity contribution < 1.29 is 22.7 Å². The average Bonchev–Trinajstić information content (AvgIpc) is 2.94. The molecule has 0 saturated carbocycles. The Kier molecular flexibility index (Phi) is 7.00. The van der Waals surface area contributed by atoms with Crippen LogP contribution in [-0.2, 0) is 21.4 Å². The normalized spacial score (nSPS) is 13.6. The van der Waals surface area contributed by atoms with Crippen molar-refractivity contribution in [1.29, 1.82) is 0 Å². The van der Waals surface area contributed by atoms with Crippen molar-refractivity contribution in [2.24, 2.45) is 0 Å². The highest BCUT2D eigenvalue weighted by atomic mass is 35.5. The van der Waals surface area contributed by atoms with Crippen molar-refractivity contribution in [3.8, 4) is 11.5 Å². The Hall–Kier alpha value is -2.29. The zero-order chi connectivity index (χ0) is 20.9. The topological polar surface area (TPSA) is 84.9 Å².